The van der Waals surface area contributed by atoms with Gasteiger partial charge in [0.05, 0.1) is 29.5 Å². The van der Waals surface area contributed by atoms with E-state index in [1.54, 1.807) is 125 Å². The van der Waals surface area contributed by atoms with Crippen LogP contribution < -0.4 is 5.32 Å². The summed E-state index contributed by atoms with van der Waals surface area (Å²) in [6.45, 7) is 18.7. The number of allylic oxidation sites excluding steroid dienone is 1. The minimum atomic E-state index is -2.91. The van der Waals surface area contributed by atoms with Crippen LogP contribution in [0, 0.1) is 16.7 Å². The molecule has 2 bridgehead atoms. The van der Waals surface area contributed by atoms with Crippen molar-refractivity contribution in [1.82, 2.24) is 5.32 Å². The second-order valence-electron chi connectivity index (χ2n) is 20.7. The van der Waals surface area contributed by atoms with Crippen LogP contribution in [0.5, 0.6) is 0 Å². The number of fused-ring (bicyclic) bond motifs is 5. The summed E-state index contributed by atoms with van der Waals surface area (Å²) in [6, 6.07) is 24.5. The predicted octanol–water partition coefficient (Wildman–Crippen LogP) is 7.57. The van der Waals surface area contributed by atoms with Gasteiger partial charge in [-0.1, -0.05) is 114 Å². The van der Waals surface area contributed by atoms with Crippen molar-refractivity contribution in [3.63, 3.8) is 0 Å². The summed E-state index contributed by atoms with van der Waals surface area (Å²) in [5.41, 5.74) is -5.81. The minimum Gasteiger partial charge on any atom is -0.456 e. The highest BCUT2D eigenvalue weighted by atomic mass is 28.4. The molecular weight excluding hydrogens is 887 g/mol. The minimum absolute atomic E-state index is 0.130. The number of carbonyl (C=O) groups excluding carboxylic acids is 6. The Hall–Kier alpha value is -5.74. The Labute approximate surface area is 398 Å². The maximum Gasteiger partial charge on any atom is 0.338 e. The zero-order chi connectivity index (χ0) is 49.8. The molecule has 1 saturated carbocycles. The molecule has 0 unspecified atom stereocenters. The molecule has 2 N–H and O–H groups in total. The molecule has 14 nitrogen and oxygen atoms in total. The molecular formula is C53H63NO13Si. The summed E-state index contributed by atoms with van der Waals surface area (Å²) in [6.07, 6.45) is -4.38. The van der Waals surface area contributed by atoms with Gasteiger partial charge in [0.2, 0.25) is 0 Å². The molecule has 0 spiro atoms. The largest absolute Gasteiger partial charge is 0.456 e. The van der Waals surface area contributed by atoms with Crippen LogP contribution in [0.1, 0.15) is 101 Å². The summed E-state index contributed by atoms with van der Waals surface area (Å²) in [7, 11) is -2.91. The molecule has 1 heterocycles. The third kappa shape index (κ3) is 8.78. The van der Waals surface area contributed by atoms with Crippen LogP contribution in [0.25, 0.3) is 0 Å². The van der Waals surface area contributed by atoms with Crippen LogP contribution in [-0.2, 0) is 47.3 Å². The highest BCUT2D eigenvalue weighted by Crippen LogP contribution is 2.63. The SMILES string of the molecule is CC(=O)O[C@H]1C(=O)[C@]2(C)C=C[C@H]3OC[C@@]3(OC(C)=O)[C@H]2[C@H](OC(=O)c2ccccc2)[C@]2(O)C[C@H](OC(=O)[C@H](O[Si](C)(C)C(C)(C)C)[C@@H](NC(=O)c3ccccc3)c3ccccc3)C(C)=C1C2(C)C. The van der Waals surface area contributed by atoms with Crippen molar-refractivity contribution in [1.29, 1.82) is 0 Å². The fraction of sp³-hybridized carbons (Fsp3) is 0.472. The highest BCUT2D eigenvalue weighted by molar-refractivity contribution is 6.74. The average molecular weight is 950 g/mol. The van der Waals surface area contributed by atoms with E-state index in [9.17, 15) is 24.3 Å². The standard InChI is InChI=1S/C53H63NO13Si/c1-31-37(64-48(60)42(67-68(10,11)49(4,5)6)40(34-21-15-12-16-22-34)54-46(58)35-23-17-13-18-24-35)29-53(61)45(65-47(59)36-25-19-14-20-26-36)43-51(9,28-27-38-52(43,30-62-38)66-33(3)56)44(57)41(63-32(2)55)39(31)50(53,7)8/h12-28,37-38,40-43,45,61H,29-30H2,1-11H3,(H,54,58)/t37-,38+,40-,41+,42+,43-,45-,51+,52-,53+/m0/s1. The number of nitrogens with one attached hydrogen (secondary N) is 1. The van der Waals surface area contributed by atoms with Crippen LogP contribution in [0.2, 0.25) is 18.1 Å². The third-order valence-electron chi connectivity index (χ3n) is 15.1. The smallest absolute Gasteiger partial charge is 0.338 e. The van der Waals surface area contributed by atoms with E-state index in [1.807, 2.05) is 39.9 Å². The van der Waals surface area contributed by atoms with E-state index < -0.39 is 120 Å². The van der Waals surface area contributed by atoms with Crippen molar-refractivity contribution in [2.45, 2.75) is 135 Å². The van der Waals surface area contributed by atoms with Crippen LogP contribution >= 0.6 is 0 Å². The van der Waals surface area contributed by atoms with Gasteiger partial charge < -0.3 is 38.5 Å². The van der Waals surface area contributed by atoms with Gasteiger partial charge in [-0.2, -0.15) is 0 Å². The van der Waals surface area contributed by atoms with E-state index in [4.69, 9.17) is 28.1 Å². The first-order chi connectivity index (χ1) is 31.8. The Kier molecular flexibility index (Phi) is 13.5. The summed E-state index contributed by atoms with van der Waals surface area (Å²) in [5.74, 6) is -5.75. The molecule has 1 aliphatic heterocycles. The van der Waals surface area contributed by atoms with Crippen LogP contribution in [0.4, 0.5) is 0 Å². The fourth-order valence-electron chi connectivity index (χ4n) is 10.3. The molecule has 1 amide bonds. The normalized spacial score (nSPS) is 29.3. The first-order valence-corrected chi connectivity index (χ1v) is 25.9. The summed E-state index contributed by atoms with van der Waals surface area (Å²) >= 11 is 0. The second-order valence-corrected chi connectivity index (χ2v) is 25.5. The van der Waals surface area contributed by atoms with Gasteiger partial charge in [-0.05, 0) is 73.0 Å². The lowest BCUT2D eigenvalue weighted by Crippen LogP contribution is -2.78. The number of aliphatic hydroxyl groups is 1. The maximum atomic E-state index is 15.7. The third-order valence-corrected chi connectivity index (χ3v) is 19.5. The lowest BCUT2D eigenvalue weighted by molar-refractivity contribution is -0.306. The van der Waals surface area contributed by atoms with Crippen LogP contribution in [0.3, 0.4) is 0 Å². The molecule has 10 atom stereocenters. The monoisotopic (exact) mass is 949 g/mol. The van der Waals surface area contributed by atoms with Gasteiger partial charge in [0, 0.05) is 31.2 Å². The summed E-state index contributed by atoms with van der Waals surface area (Å²) in [5, 5.41) is 16.6. The van der Waals surface area contributed by atoms with E-state index in [0.717, 1.165) is 6.92 Å². The number of hydrogen-bond donors (Lipinski definition) is 2. The number of amides is 1. The molecule has 3 aromatic carbocycles. The van der Waals surface area contributed by atoms with Crippen molar-refractivity contribution in [2.24, 2.45) is 16.7 Å². The van der Waals surface area contributed by atoms with Gasteiger partial charge in [0.1, 0.15) is 23.9 Å². The van der Waals surface area contributed by atoms with Crippen LogP contribution in [0.15, 0.2) is 114 Å². The Bertz CT molecular complexity index is 2520. The number of hydrogen-bond acceptors (Lipinski definition) is 13. The molecule has 68 heavy (non-hydrogen) atoms. The molecule has 0 radical (unpaired) electrons. The molecule has 2 fully saturated rings. The number of ether oxygens (including phenoxy) is 5. The molecule has 3 aromatic rings. The number of Topliss-reactive ketones (excluding diaryl/α,β-unsaturated/α-hetero) is 1. The first-order valence-electron chi connectivity index (χ1n) is 23.0. The van der Waals surface area contributed by atoms with E-state index in [0.29, 0.717) is 16.7 Å². The van der Waals surface area contributed by atoms with E-state index in [-0.39, 0.29) is 17.7 Å². The quantitative estimate of drug-likeness (QED) is 0.0784. The Morgan fingerprint density at radius 1 is 0.824 bits per heavy atom. The molecule has 7 rings (SSSR count). The van der Waals surface area contributed by atoms with Crippen molar-refractivity contribution >= 4 is 43.9 Å². The first kappa shape index (κ1) is 50.1. The average Bonchev–Trinajstić information content (AvgIpc) is 3.27. The zero-order valence-electron chi connectivity index (χ0n) is 40.6. The van der Waals surface area contributed by atoms with Gasteiger partial charge in [-0.15, -0.1) is 0 Å². The van der Waals surface area contributed by atoms with Crippen molar-refractivity contribution in [3.8, 4) is 0 Å². The summed E-state index contributed by atoms with van der Waals surface area (Å²) < 4.78 is 38.3. The maximum absolute atomic E-state index is 15.7. The zero-order valence-corrected chi connectivity index (χ0v) is 41.6. The molecule has 15 heteroatoms. The topological polar surface area (TPSA) is 190 Å². The molecule has 1 saturated heterocycles. The number of ketones is 1. The molecule has 4 aliphatic rings. The molecule has 3 aliphatic carbocycles. The lowest BCUT2D eigenvalue weighted by Gasteiger charge is -2.65. The number of benzene rings is 3. The van der Waals surface area contributed by atoms with Gasteiger partial charge in [0.15, 0.2) is 31.9 Å². The Morgan fingerprint density at radius 2 is 1.40 bits per heavy atom. The Morgan fingerprint density at radius 3 is 1.93 bits per heavy atom. The highest BCUT2D eigenvalue weighted by Gasteiger charge is 2.75. The predicted molar refractivity (Wildman–Crippen MR) is 252 cm³/mol. The number of esters is 4. The Balaban J connectivity index is 1.43. The van der Waals surface area contributed by atoms with E-state index >= 15 is 9.59 Å². The van der Waals surface area contributed by atoms with Crippen LogP contribution in [-0.4, -0.2) is 97.3 Å². The van der Waals surface area contributed by atoms with Crippen molar-refractivity contribution in [3.05, 3.63) is 131 Å². The van der Waals surface area contributed by atoms with E-state index in [1.165, 1.54) is 6.92 Å². The number of rotatable bonds is 12. The van der Waals surface area contributed by atoms with Crippen molar-refractivity contribution in [2.75, 3.05) is 6.61 Å². The van der Waals surface area contributed by atoms with E-state index in [2.05, 4.69) is 5.32 Å². The fourth-order valence-corrected chi connectivity index (χ4v) is 11.6. The lowest BCUT2D eigenvalue weighted by atomic mass is 9.46. The van der Waals surface area contributed by atoms with Crippen molar-refractivity contribution < 1.29 is 62.0 Å². The summed E-state index contributed by atoms with van der Waals surface area (Å²) in [4.78, 5) is 85.9. The van der Waals surface area contributed by atoms with Gasteiger partial charge >= 0.3 is 23.9 Å². The van der Waals surface area contributed by atoms with Gasteiger partial charge in [-0.25, -0.2) is 9.59 Å². The second kappa shape index (κ2) is 18.3. The van der Waals surface area contributed by atoms with Gasteiger partial charge in [0.25, 0.3) is 5.91 Å². The molecule has 0 aromatic heterocycles. The van der Waals surface area contributed by atoms with Gasteiger partial charge in [-0.3, -0.25) is 19.2 Å². The molecule has 362 valence electrons. The number of carbonyl (C=O) groups is 6.